The van der Waals surface area contributed by atoms with Gasteiger partial charge < -0.3 is 5.73 Å². The molecule has 1 aromatic heterocycles. The van der Waals surface area contributed by atoms with Crippen molar-refractivity contribution in [2.75, 3.05) is 0 Å². The van der Waals surface area contributed by atoms with Gasteiger partial charge in [-0.15, -0.1) is 0 Å². The van der Waals surface area contributed by atoms with Gasteiger partial charge in [-0.25, -0.2) is 0 Å². The first kappa shape index (κ1) is 11.8. The van der Waals surface area contributed by atoms with Gasteiger partial charge in [0.25, 0.3) is 0 Å². The summed E-state index contributed by atoms with van der Waals surface area (Å²) in [6, 6.07) is 14.6. The summed E-state index contributed by atoms with van der Waals surface area (Å²) < 4.78 is 0. The van der Waals surface area contributed by atoms with Gasteiger partial charge in [0.2, 0.25) is 0 Å². The van der Waals surface area contributed by atoms with Gasteiger partial charge in [0.1, 0.15) is 0 Å². The molecule has 2 atom stereocenters. The van der Waals surface area contributed by atoms with Crippen LogP contribution in [0.1, 0.15) is 24.0 Å². The maximum atomic E-state index is 6.26. The molecule has 2 aromatic rings. The first-order valence-corrected chi connectivity index (χ1v) is 5.97. The summed E-state index contributed by atoms with van der Waals surface area (Å²) in [5, 5.41) is 0. The van der Waals surface area contributed by atoms with Crippen molar-refractivity contribution in [1.82, 2.24) is 4.98 Å². The molecule has 0 saturated carbocycles. The molecule has 0 aliphatic carbocycles. The highest BCUT2D eigenvalue weighted by Crippen LogP contribution is 2.19. The van der Waals surface area contributed by atoms with E-state index in [2.05, 4.69) is 36.2 Å². The number of hydrogen-bond donors (Lipinski definition) is 1. The lowest BCUT2D eigenvalue weighted by molar-refractivity contribution is 0.564. The van der Waals surface area contributed by atoms with Gasteiger partial charge in [0, 0.05) is 18.4 Å². The highest BCUT2D eigenvalue weighted by Gasteiger charge is 2.14. The fourth-order valence-electron chi connectivity index (χ4n) is 1.97. The van der Waals surface area contributed by atoms with Crippen molar-refractivity contribution in [2.45, 2.75) is 25.3 Å². The van der Waals surface area contributed by atoms with Crippen LogP contribution in [0.3, 0.4) is 0 Å². The maximum absolute atomic E-state index is 6.26. The third-order valence-electron chi connectivity index (χ3n) is 3.19. The summed E-state index contributed by atoms with van der Waals surface area (Å²) in [5.41, 5.74) is 8.81. The van der Waals surface area contributed by atoms with Crippen LogP contribution >= 0.6 is 0 Å². The minimum atomic E-state index is 0.139. The molecule has 0 amide bonds. The third kappa shape index (κ3) is 3.14. The van der Waals surface area contributed by atoms with E-state index >= 15 is 0 Å². The Balaban J connectivity index is 2.03. The van der Waals surface area contributed by atoms with Gasteiger partial charge in [0.15, 0.2) is 0 Å². The third-order valence-corrected chi connectivity index (χ3v) is 3.19. The number of nitrogens with zero attached hydrogens (tertiary/aromatic N) is 1. The lowest BCUT2D eigenvalue weighted by Gasteiger charge is -2.20. The van der Waals surface area contributed by atoms with E-state index in [4.69, 9.17) is 5.73 Å². The van der Waals surface area contributed by atoms with E-state index in [0.29, 0.717) is 5.92 Å². The smallest absolute Gasteiger partial charge is 0.0270 e. The monoisotopic (exact) mass is 226 g/mol. The van der Waals surface area contributed by atoms with E-state index in [1.54, 1.807) is 0 Å². The second kappa shape index (κ2) is 5.60. The Morgan fingerprint density at radius 3 is 2.35 bits per heavy atom. The van der Waals surface area contributed by atoms with Gasteiger partial charge in [0.05, 0.1) is 0 Å². The van der Waals surface area contributed by atoms with Gasteiger partial charge >= 0.3 is 0 Å². The predicted octanol–water partition coefficient (Wildman–Crippen LogP) is 2.76. The molecule has 2 unspecified atom stereocenters. The molecule has 1 heterocycles. The van der Waals surface area contributed by atoms with E-state index in [0.717, 1.165) is 6.42 Å². The van der Waals surface area contributed by atoms with Gasteiger partial charge in [-0.3, -0.25) is 4.98 Å². The zero-order valence-electron chi connectivity index (χ0n) is 10.1. The van der Waals surface area contributed by atoms with Crippen molar-refractivity contribution in [3.63, 3.8) is 0 Å². The fourth-order valence-corrected chi connectivity index (χ4v) is 1.97. The molecule has 17 heavy (non-hydrogen) atoms. The Morgan fingerprint density at radius 2 is 1.71 bits per heavy atom. The highest BCUT2D eigenvalue weighted by atomic mass is 14.6. The van der Waals surface area contributed by atoms with E-state index in [1.807, 2.05) is 30.6 Å². The molecule has 1 aromatic carbocycles. The minimum absolute atomic E-state index is 0.139. The van der Waals surface area contributed by atoms with Crippen LogP contribution in [0.4, 0.5) is 0 Å². The van der Waals surface area contributed by atoms with Gasteiger partial charge in [-0.05, 0) is 35.6 Å². The van der Waals surface area contributed by atoms with Crippen LogP contribution in [0.15, 0.2) is 54.9 Å². The summed E-state index contributed by atoms with van der Waals surface area (Å²) in [4.78, 5) is 4.01. The highest BCUT2D eigenvalue weighted by molar-refractivity contribution is 5.22. The Labute approximate surface area is 103 Å². The van der Waals surface area contributed by atoms with Crippen LogP contribution < -0.4 is 5.73 Å². The number of rotatable bonds is 4. The molecule has 2 nitrogen and oxygen atoms in total. The van der Waals surface area contributed by atoms with E-state index < -0.39 is 0 Å². The van der Waals surface area contributed by atoms with Crippen LogP contribution in [0, 0.1) is 0 Å². The average molecular weight is 226 g/mol. The Hall–Kier alpha value is -1.67. The topological polar surface area (TPSA) is 38.9 Å². The molecular formula is C15H18N2. The van der Waals surface area contributed by atoms with Crippen molar-refractivity contribution >= 4 is 0 Å². The summed E-state index contributed by atoms with van der Waals surface area (Å²) >= 11 is 0. The SMILES string of the molecule is CC(c1ccccc1)C(N)Cc1ccncc1. The standard InChI is InChI=1S/C15H18N2/c1-12(14-5-3-2-4-6-14)15(16)11-13-7-9-17-10-8-13/h2-10,12,15H,11,16H2,1H3. The second-order valence-corrected chi connectivity index (χ2v) is 4.42. The summed E-state index contributed by atoms with van der Waals surface area (Å²) in [6.45, 7) is 2.18. The molecule has 2 N–H and O–H groups in total. The Kier molecular flexibility index (Phi) is 3.89. The molecule has 0 fully saturated rings. The zero-order valence-corrected chi connectivity index (χ0v) is 10.1. The number of pyridine rings is 1. The molecule has 0 aliphatic rings. The normalized spacial score (nSPS) is 14.2. The Morgan fingerprint density at radius 1 is 1.06 bits per heavy atom. The summed E-state index contributed by atoms with van der Waals surface area (Å²) in [6.07, 6.45) is 4.52. The summed E-state index contributed by atoms with van der Waals surface area (Å²) in [7, 11) is 0. The van der Waals surface area contributed by atoms with E-state index in [1.165, 1.54) is 11.1 Å². The van der Waals surface area contributed by atoms with Crippen LogP contribution in [0.5, 0.6) is 0 Å². The van der Waals surface area contributed by atoms with Crippen molar-refractivity contribution in [2.24, 2.45) is 5.73 Å². The molecule has 0 spiro atoms. The van der Waals surface area contributed by atoms with Crippen molar-refractivity contribution < 1.29 is 0 Å². The zero-order chi connectivity index (χ0) is 12.1. The van der Waals surface area contributed by atoms with E-state index in [-0.39, 0.29) is 6.04 Å². The molecule has 0 aliphatic heterocycles. The number of hydrogen-bond acceptors (Lipinski definition) is 2. The van der Waals surface area contributed by atoms with Crippen LogP contribution in [0.25, 0.3) is 0 Å². The molecule has 2 rings (SSSR count). The van der Waals surface area contributed by atoms with Crippen molar-refractivity contribution in [3.05, 3.63) is 66.0 Å². The lowest BCUT2D eigenvalue weighted by Crippen LogP contribution is -2.29. The molecule has 2 heteroatoms. The molecule has 0 saturated heterocycles. The summed E-state index contributed by atoms with van der Waals surface area (Å²) in [5.74, 6) is 0.365. The quantitative estimate of drug-likeness (QED) is 0.870. The predicted molar refractivity (Wildman–Crippen MR) is 70.8 cm³/mol. The lowest BCUT2D eigenvalue weighted by atomic mass is 9.90. The van der Waals surface area contributed by atoms with Crippen molar-refractivity contribution in [1.29, 1.82) is 0 Å². The Bertz CT molecular complexity index is 439. The first-order valence-electron chi connectivity index (χ1n) is 5.97. The number of benzene rings is 1. The van der Waals surface area contributed by atoms with Crippen LogP contribution in [-0.2, 0) is 6.42 Å². The molecule has 88 valence electrons. The molecule has 0 bridgehead atoms. The second-order valence-electron chi connectivity index (χ2n) is 4.42. The van der Waals surface area contributed by atoms with Crippen LogP contribution in [0.2, 0.25) is 0 Å². The van der Waals surface area contributed by atoms with Crippen LogP contribution in [-0.4, -0.2) is 11.0 Å². The largest absolute Gasteiger partial charge is 0.327 e. The fraction of sp³-hybridized carbons (Fsp3) is 0.267. The van der Waals surface area contributed by atoms with E-state index in [9.17, 15) is 0 Å². The van der Waals surface area contributed by atoms with Gasteiger partial charge in [-0.2, -0.15) is 0 Å². The average Bonchev–Trinajstić information content (AvgIpc) is 2.40. The first-order chi connectivity index (χ1) is 8.27. The molecule has 0 radical (unpaired) electrons. The molecular weight excluding hydrogens is 208 g/mol. The maximum Gasteiger partial charge on any atom is 0.0270 e. The minimum Gasteiger partial charge on any atom is -0.327 e. The number of nitrogens with two attached hydrogens (primary N) is 1. The van der Waals surface area contributed by atoms with Crippen molar-refractivity contribution in [3.8, 4) is 0 Å². The number of aromatic nitrogens is 1. The van der Waals surface area contributed by atoms with Gasteiger partial charge in [-0.1, -0.05) is 37.3 Å².